The van der Waals surface area contributed by atoms with Gasteiger partial charge in [0.15, 0.2) is 0 Å². The van der Waals surface area contributed by atoms with Crippen LogP contribution in [0.4, 0.5) is 0 Å². The van der Waals surface area contributed by atoms with Crippen molar-refractivity contribution in [3.63, 3.8) is 0 Å². The van der Waals surface area contributed by atoms with E-state index in [9.17, 15) is 0 Å². The fourth-order valence-electron chi connectivity index (χ4n) is 1.43. The summed E-state index contributed by atoms with van der Waals surface area (Å²) in [7, 11) is 0. The van der Waals surface area contributed by atoms with Crippen molar-refractivity contribution in [2.45, 2.75) is 19.4 Å². The fourth-order valence-corrected chi connectivity index (χ4v) is 3.37. The Labute approximate surface area is 107 Å². The van der Waals surface area contributed by atoms with E-state index in [4.69, 9.17) is 17.4 Å². The summed E-state index contributed by atoms with van der Waals surface area (Å²) >= 11 is 9.11. The third-order valence-electron chi connectivity index (χ3n) is 2.18. The van der Waals surface area contributed by atoms with Crippen LogP contribution in [0, 0.1) is 6.92 Å². The van der Waals surface area contributed by atoms with Gasteiger partial charge in [-0.25, -0.2) is 4.98 Å². The first-order chi connectivity index (χ1) is 7.69. The third-order valence-corrected chi connectivity index (χ3v) is 4.52. The highest BCUT2D eigenvalue weighted by Crippen LogP contribution is 2.29. The normalized spacial score (nSPS) is 12.9. The molecule has 2 aromatic rings. The molecule has 86 valence electrons. The molecule has 16 heavy (non-hydrogen) atoms. The van der Waals surface area contributed by atoms with Crippen LogP contribution in [0.1, 0.15) is 21.6 Å². The number of hydrazine groups is 1. The first-order valence-electron chi connectivity index (χ1n) is 4.81. The van der Waals surface area contributed by atoms with Gasteiger partial charge < -0.3 is 0 Å². The van der Waals surface area contributed by atoms with Gasteiger partial charge in [-0.2, -0.15) is 0 Å². The van der Waals surface area contributed by atoms with Gasteiger partial charge in [0.2, 0.25) is 0 Å². The number of thiazole rings is 1. The van der Waals surface area contributed by atoms with Gasteiger partial charge in [-0.15, -0.1) is 22.7 Å². The minimum absolute atomic E-state index is 0.0862. The molecule has 2 rings (SSSR count). The number of nitrogens with two attached hydrogens (primary N) is 1. The number of thiophene rings is 1. The molecule has 0 bridgehead atoms. The van der Waals surface area contributed by atoms with E-state index in [1.54, 1.807) is 22.7 Å². The lowest BCUT2D eigenvalue weighted by Gasteiger charge is -2.11. The van der Waals surface area contributed by atoms with E-state index in [-0.39, 0.29) is 6.04 Å². The van der Waals surface area contributed by atoms with Crippen molar-refractivity contribution in [2.75, 3.05) is 0 Å². The molecule has 0 aliphatic rings. The average molecular weight is 274 g/mol. The summed E-state index contributed by atoms with van der Waals surface area (Å²) in [6.45, 7) is 1.99. The van der Waals surface area contributed by atoms with Crippen LogP contribution in [0.15, 0.2) is 17.5 Å². The van der Waals surface area contributed by atoms with Crippen molar-refractivity contribution in [1.29, 1.82) is 0 Å². The number of nitrogens with zero attached hydrogens (tertiary/aromatic N) is 1. The monoisotopic (exact) mass is 273 g/mol. The number of hydrogen-bond acceptors (Lipinski definition) is 5. The van der Waals surface area contributed by atoms with Crippen LogP contribution in [-0.4, -0.2) is 4.98 Å². The molecule has 0 saturated heterocycles. The van der Waals surface area contributed by atoms with E-state index in [2.05, 4.69) is 10.4 Å². The maximum atomic E-state index is 5.91. The Morgan fingerprint density at radius 3 is 2.88 bits per heavy atom. The Bertz CT molecular complexity index is 466. The van der Waals surface area contributed by atoms with E-state index in [0.717, 1.165) is 26.3 Å². The lowest BCUT2D eigenvalue weighted by atomic mass is 10.2. The minimum atomic E-state index is 0.0862. The summed E-state index contributed by atoms with van der Waals surface area (Å²) in [6, 6.07) is 3.97. The van der Waals surface area contributed by atoms with Crippen LogP contribution in [0.3, 0.4) is 0 Å². The van der Waals surface area contributed by atoms with Crippen LogP contribution in [0.25, 0.3) is 0 Å². The van der Waals surface area contributed by atoms with Gasteiger partial charge in [0.1, 0.15) is 0 Å². The topological polar surface area (TPSA) is 50.9 Å². The smallest absolute Gasteiger partial charge is 0.0947 e. The standard InChI is InChI=1S/C10H12ClN3S2/c1-6-5-15-10(13-6)4-7(14-12)8-2-3-9(11)16-8/h2-3,5,7,14H,4,12H2,1H3. The number of aromatic nitrogens is 1. The molecule has 0 aromatic carbocycles. The second kappa shape index (κ2) is 5.25. The Morgan fingerprint density at radius 2 is 2.38 bits per heavy atom. The summed E-state index contributed by atoms with van der Waals surface area (Å²) < 4.78 is 0.783. The van der Waals surface area contributed by atoms with Gasteiger partial charge in [-0.1, -0.05) is 11.6 Å². The molecule has 3 nitrogen and oxygen atoms in total. The summed E-state index contributed by atoms with van der Waals surface area (Å²) in [6.07, 6.45) is 0.797. The molecule has 0 radical (unpaired) electrons. The summed E-state index contributed by atoms with van der Waals surface area (Å²) in [5.74, 6) is 5.56. The second-order valence-electron chi connectivity index (χ2n) is 3.45. The zero-order chi connectivity index (χ0) is 11.5. The Morgan fingerprint density at radius 1 is 1.56 bits per heavy atom. The number of halogens is 1. The first-order valence-corrected chi connectivity index (χ1v) is 6.89. The summed E-state index contributed by atoms with van der Waals surface area (Å²) in [4.78, 5) is 5.56. The lowest BCUT2D eigenvalue weighted by molar-refractivity contribution is 0.559. The Hall–Kier alpha value is -0.460. The van der Waals surface area contributed by atoms with Gasteiger partial charge in [-0.05, 0) is 19.1 Å². The summed E-state index contributed by atoms with van der Waals surface area (Å²) in [5, 5.41) is 3.13. The molecule has 0 aliphatic carbocycles. The quantitative estimate of drug-likeness (QED) is 0.665. The van der Waals surface area contributed by atoms with Crippen LogP contribution < -0.4 is 11.3 Å². The molecule has 2 heterocycles. The van der Waals surface area contributed by atoms with Crippen molar-refractivity contribution in [1.82, 2.24) is 10.4 Å². The predicted molar refractivity (Wildman–Crippen MR) is 69.9 cm³/mol. The summed E-state index contributed by atoms with van der Waals surface area (Å²) in [5.41, 5.74) is 3.86. The predicted octanol–water partition coefficient (Wildman–Crippen LogP) is 2.91. The highest BCUT2D eigenvalue weighted by atomic mass is 35.5. The Kier molecular flexibility index (Phi) is 3.94. The van der Waals surface area contributed by atoms with Crippen LogP contribution in [-0.2, 0) is 6.42 Å². The largest absolute Gasteiger partial charge is 0.271 e. The lowest BCUT2D eigenvalue weighted by Crippen LogP contribution is -2.28. The molecular weight excluding hydrogens is 262 g/mol. The van der Waals surface area contributed by atoms with Crippen molar-refractivity contribution in [2.24, 2.45) is 5.84 Å². The van der Waals surface area contributed by atoms with E-state index >= 15 is 0 Å². The highest BCUT2D eigenvalue weighted by molar-refractivity contribution is 7.16. The molecule has 2 aromatic heterocycles. The van der Waals surface area contributed by atoms with E-state index in [0.29, 0.717) is 0 Å². The zero-order valence-corrected chi connectivity index (χ0v) is 11.1. The molecule has 0 amide bonds. The molecule has 1 unspecified atom stereocenters. The maximum absolute atomic E-state index is 5.91. The van der Waals surface area contributed by atoms with Gasteiger partial charge in [0.05, 0.1) is 15.4 Å². The average Bonchev–Trinajstić information content (AvgIpc) is 2.84. The van der Waals surface area contributed by atoms with E-state index < -0.39 is 0 Å². The molecule has 0 spiro atoms. The fraction of sp³-hybridized carbons (Fsp3) is 0.300. The number of nitrogens with one attached hydrogen (secondary N) is 1. The molecule has 1 atom stereocenters. The molecule has 0 saturated carbocycles. The number of rotatable bonds is 4. The number of hydrogen-bond donors (Lipinski definition) is 2. The first kappa shape index (κ1) is 12.0. The molecule has 0 aliphatic heterocycles. The third kappa shape index (κ3) is 2.81. The van der Waals surface area contributed by atoms with Crippen LogP contribution in [0.2, 0.25) is 4.34 Å². The van der Waals surface area contributed by atoms with Crippen molar-refractivity contribution in [3.8, 4) is 0 Å². The zero-order valence-electron chi connectivity index (χ0n) is 8.74. The van der Waals surface area contributed by atoms with Gasteiger partial charge >= 0.3 is 0 Å². The molecule has 0 fully saturated rings. The SMILES string of the molecule is Cc1csc(CC(NN)c2ccc(Cl)s2)n1. The van der Waals surface area contributed by atoms with Gasteiger partial charge in [0, 0.05) is 22.4 Å². The van der Waals surface area contributed by atoms with Crippen LogP contribution >= 0.6 is 34.3 Å². The number of aryl methyl sites for hydroxylation is 1. The minimum Gasteiger partial charge on any atom is -0.271 e. The Balaban J connectivity index is 2.12. The van der Waals surface area contributed by atoms with Gasteiger partial charge in [0.25, 0.3) is 0 Å². The van der Waals surface area contributed by atoms with E-state index in [1.165, 1.54) is 0 Å². The second-order valence-corrected chi connectivity index (χ2v) is 6.14. The van der Waals surface area contributed by atoms with Gasteiger partial charge in [-0.3, -0.25) is 11.3 Å². The van der Waals surface area contributed by atoms with E-state index in [1.807, 2.05) is 24.4 Å². The van der Waals surface area contributed by atoms with Crippen molar-refractivity contribution in [3.05, 3.63) is 37.4 Å². The molecule has 6 heteroatoms. The van der Waals surface area contributed by atoms with Crippen molar-refractivity contribution < 1.29 is 0 Å². The molecule has 3 N–H and O–H groups in total. The highest BCUT2D eigenvalue weighted by Gasteiger charge is 2.14. The van der Waals surface area contributed by atoms with Crippen molar-refractivity contribution >= 4 is 34.3 Å². The van der Waals surface area contributed by atoms with Crippen LogP contribution in [0.5, 0.6) is 0 Å². The molecular formula is C10H12ClN3S2. The maximum Gasteiger partial charge on any atom is 0.0947 e.